The quantitative estimate of drug-likeness (QED) is 0.298. The van der Waals surface area contributed by atoms with E-state index in [-0.39, 0.29) is 11.9 Å². The fourth-order valence-electron chi connectivity index (χ4n) is 2.26. The lowest BCUT2D eigenvalue weighted by molar-refractivity contribution is -0.170. The molecular formula is C17H26O4. The molecule has 0 aromatic carbocycles. The zero-order valence-electron chi connectivity index (χ0n) is 13.3. The molecular weight excluding hydrogens is 268 g/mol. The highest BCUT2D eigenvalue weighted by molar-refractivity contribution is 5.83. The average molecular weight is 294 g/mol. The largest absolute Gasteiger partial charge is 0.463 e. The van der Waals surface area contributed by atoms with Crippen LogP contribution in [0.5, 0.6) is 0 Å². The predicted octanol–water partition coefficient (Wildman–Crippen LogP) is 3.40. The molecule has 1 atom stereocenters. The van der Waals surface area contributed by atoms with E-state index in [9.17, 15) is 4.79 Å². The van der Waals surface area contributed by atoms with Crippen LogP contribution in [0.25, 0.3) is 0 Å². The van der Waals surface area contributed by atoms with E-state index in [1.54, 1.807) is 6.92 Å². The predicted molar refractivity (Wildman–Crippen MR) is 82.8 cm³/mol. The van der Waals surface area contributed by atoms with E-state index in [1.165, 1.54) is 6.08 Å². The Kier molecular flexibility index (Phi) is 7.40. The van der Waals surface area contributed by atoms with Gasteiger partial charge in [0.05, 0.1) is 19.8 Å². The Balaban J connectivity index is 2.73. The Morgan fingerprint density at radius 2 is 2.10 bits per heavy atom. The summed E-state index contributed by atoms with van der Waals surface area (Å²) in [5, 5.41) is 0. The Bertz CT molecular complexity index is 403. The molecule has 0 amide bonds. The third-order valence-corrected chi connectivity index (χ3v) is 3.44. The van der Waals surface area contributed by atoms with Crippen LogP contribution in [0.1, 0.15) is 33.6 Å². The zero-order valence-corrected chi connectivity index (χ0v) is 13.3. The third kappa shape index (κ3) is 5.86. The molecule has 21 heavy (non-hydrogen) atoms. The number of allylic oxidation sites excluding steroid dienone is 3. The van der Waals surface area contributed by atoms with Crippen molar-refractivity contribution >= 4 is 5.97 Å². The van der Waals surface area contributed by atoms with Gasteiger partial charge in [-0.2, -0.15) is 0 Å². The molecule has 0 aromatic heterocycles. The van der Waals surface area contributed by atoms with Crippen LogP contribution in [0.15, 0.2) is 36.5 Å². The van der Waals surface area contributed by atoms with Crippen LogP contribution < -0.4 is 0 Å². The molecule has 1 aliphatic rings. The van der Waals surface area contributed by atoms with Crippen LogP contribution in [-0.4, -0.2) is 31.6 Å². The number of rotatable bonds is 8. The van der Waals surface area contributed by atoms with Gasteiger partial charge in [0.15, 0.2) is 5.79 Å². The maximum Gasteiger partial charge on any atom is 0.330 e. The normalized spacial score (nSPS) is 19.7. The minimum atomic E-state index is -0.594. The summed E-state index contributed by atoms with van der Waals surface area (Å²) in [6, 6.07) is 0. The van der Waals surface area contributed by atoms with E-state index >= 15 is 0 Å². The Hall–Kier alpha value is -1.39. The fourth-order valence-corrected chi connectivity index (χ4v) is 2.26. The molecule has 0 aromatic rings. The highest BCUT2D eigenvalue weighted by Crippen LogP contribution is 2.32. The van der Waals surface area contributed by atoms with Crippen LogP contribution >= 0.6 is 0 Å². The molecule has 0 N–H and O–H groups in total. The summed E-state index contributed by atoms with van der Waals surface area (Å²) < 4.78 is 16.4. The second-order valence-corrected chi connectivity index (χ2v) is 5.18. The molecule has 1 heterocycles. The van der Waals surface area contributed by atoms with Gasteiger partial charge in [-0.25, -0.2) is 4.79 Å². The molecule has 118 valence electrons. The van der Waals surface area contributed by atoms with Gasteiger partial charge in [-0.1, -0.05) is 18.2 Å². The lowest BCUT2D eigenvalue weighted by Gasteiger charge is -2.30. The van der Waals surface area contributed by atoms with Crippen molar-refractivity contribution in [2.24, 2.45) is 5.92 Å². The summed E-state index contributed by atoms with van der Waals surface area (Å²) >= 11 is 0. The minimum Gasteiger partial charge on any atom is -0.463 e. The van der Waals surface area contributed by atoms with Crippen molar-refractivity contribution in [3.63, 3.8) is 0 Å². The highest BCUT2D eigenvalue weighted by Gasteiger charge is 2.37. The molecule has 4 nitrogen and oxygen atoms in total. The first-order chi connectivity index (χ1) is 10.0. The highest BCUT2D eigenvalue weighted by atomic mass is 16.7. The minimum absolute atomic E-state index is 0.114. The number of carbonyl (C=O) groups is 1. The van der Waals surface area contributed by atoms with Crippen LogP contribution in [-0.2, 0) is 19.0 Å². The molecule has 1 saturated heterocycles. The van der Waals surface area contributed by atoms with Crippen molar-refractivity contribution in [3.05, 3.63) is 36.5 Å². The van der Waals surface area contributed by atoms with Crippen LogP contribution in [0.3, 0.4) is 0 Å². The molecule has 0 bridgehead atoms. The third-order valence-electron chi connectivity index (χ3n) is 3.44. The molecule has 1 aliphatic heterocycles. The summed E-state index contributed by atoms with van der Waals surface area (Å²) in [5.41, 5.74) is 0.846. The number of hydrogen-bond acceptors (Lipinski definition) is 4. The maximum atomic E-state index is 11.4. The van der Waals surface area contributed by atoms with Crippen LogP contribution in [0.2, 0.25) is 0 Å². The van der Waals surface area contributed by atoms with E-state index < -0.39 is 5.79 Å². The molecule has 0 radical (unpaired) electrons. The summed E-state index contributed by atoms with van der Waals surface area (Å²) in [6.45, 7) is 11.0. The van der Waals surface area contributed by atoms with E-state index in [1.807, 2.05) is 32.1 Å². The van der Waals surface area contributed by atoms with E-state index in [0.717, 1.165) is 18.4 Å². The van der Waals surface area contributed by atoms with Gasteiger partial charge in [0.2, 0.25) is 0 Å². The zero-order chi connectivity index (χ0) is 15.7. The molecule has 0 saturated carbocycles. The maximum absolute atomic E-state index is 11.4. The monoisotopic (exact) mass is 294 g/mol. The van der Waals surface area contributed by atoms with Crippen molar-refractivity contribution in [1.82, 2.24) is 0 Å². The smallest absolute Gasteiger partial charge is 0.330 e. The molecule has 0 spiro atoms. The first-order valence-corrected chi connectivity index (χ1v) is 7.44. The Morgan fingerprint density at radius 1 is 1.43 bits per heavy atom. The number of ether oxygens (including phenoxy) is 3. The van der Waals surface area contributed by atoms with Crippen molar-refractivity contribution in [2.45, 2.75) is 39.4 Å². The van der Waals surface area contributed by atoms with Crippen LogP contribution in [0.4, 0.5) is 0 Å². The SMILES string of the molecule is C=CCCC(C=CC(C)=CC(=O)OCC)C1(C)OCCO1. The van der Waals surface area contributed by atoms with Gasteiger partial charge < -0.3 is 14.2 Å². The Morgan fingerprint density at radius 3 is 2.67 bits per heavy atom. The van der Waals surface area contributed by atoms with Gasteiger partial charge in [-0.3, -0.25) is 0 Å². The van der Waals surface area contributed by atoms with Gasteiger partial charge in [0.1, 0.15) is 0 Å². The number of esters is 1. The summed E-state index contributed by atoms with van der Waals surface area (Å²) in [5.74, 6) is -0.797. The second-order valence-electron chi connectivity index (χ2n) is 5.18. The van der Waals surface area contributed by atoms with Gasteiger partial charge in [-0.05, 0) is 39.2 Å². The van der Waals surface area contributed by atoms with Crippen molar-refractivity contribution in [2.75, 3.05) is 19.8 Å². The average Bonchev–Trinajstić information content (AvgIpc) is 2.86. The van der Waals surface area contributed by atoms with E-state index in [0.29, 0.717) is 19.8 Å². The van der Waals surface area contributed by atoms with Crippen LogP contribution in [0, 0.1) is 5.92 Å². The topological polar surface area (TPSA) is 44.8 Å². The molecule has 1 rings (SSSR count). The van der Waals surface area contributed by atoms with E-state index in [2.05, 4.69) is 6.58 Å². The van der Waals surface area contributed by atoms with Crippen molar-refractivity contribution in [1.29, 1.82) is 0 Å². The van der Waals surface area contributed by atoms with Gasteiger partial charge in [0.25, 0.3) is 0 Å². The first kappa shape index (κ1) is 17.7. The lowest BCUT2D eigenvalue weighted by atomic mass is 9.93. The van der Waals surface area contributed by atoms with Crippen molar-refractivity contribution in [3.8, 4) is 0 Å². The lowest BCUT2D eigenvalue weighted by Crippen LogP contribution is -2.34. The second kappa shape index (κ2) is 8.80. The summed E-state index contributed by atoms with van der Waals surface area (Å²) in [4.78, 5) is 11.4. The Labute approximate surface area is 127 Å². The molecule has 0 aliphatic carbocycles. The molecule has 1 fully saturated rings. The van der Waals surface area contributed by atoms with Crippen molar-refractivity contribution < 1.29 is 19.0 Å². The number of hydrogen-bond donors (Lipinski definition) is 0. The van der Waals surface area contributed by atoms with Gasteiger partial charge in [-0.15, -0.1) is 6.58 Å². The summed E-state index contributed by atoms with van der Waals surface area (Å²) in [7, 11) is 0. The number of carbonyl (C=O) groups excluding carboxylic acids is 1. The summed E-state index contributed by atoms with van der Waals surface area (Å²) in [6.07, 6.45) is 9.12. The fraction of sp³-hybridized carbons (Fsp3) is 0.588. The first-order valence-electron chi connectivity index (χ1n) is 7.44. The standard InChI is InChI=1S/C17H26O4/c1-5-7-8-15(17(4)20-11-12-21-17)10-9-14(3)13-16(18)19-6-2/h5,9-10,13,15H,1,6-8,11-12H2,2-4H3. The molecule has 1 unspecified atom stereocenters. The molecule has 4 heteroatoms. The van der Waals surface area contributed by atoms with Gasteiger partial charge in [0, 0.05) is 12.0 Å². The van der Waals surface area contributed by atoms with E-state index in [4.69, 9.17) is 14.2 Å². The van der Waals surface area contributed by atoms with Gasteiger partial charge >= 0.3 is 5.97 Å².